The molecular formula is C13H10ClNO3. The van der Waals surface area contributed by atoms with Gasteiger partial charge in [0, 0.05) is 17.2 Å². The van der Waals surface area contributed by atoms with E-state index in [1.807, 2.05) is 0 Å². The van der Waals surface area contributed by atoms with Gasteiger partial charge in [-0.3, -0.25) is 10.1 Å². The van der Waals surface area contributed by atoms with Crippen LogP contribution in [0.4, 0.5) is 5.69 Å². The number of aliphatic hydroxyl groups is 1. The maximum Gasteiger partial charge on any atom is 0.269 e. The number of rotatable bonds is 3. The Labute approximate surface area is 109 Å². The normalized spacial score (nSPS) is 12.1. The quantitative estimate of drug-likeness (QED) is 0.682. The van der Waals surface area contributed by atoms with Crippen LogP contribution in [0.25, 0.3) is 0 Å². The highest BCUT2D eigenvalue weighted by Gasteiger charge is 2.14. The molecule has 18 heavy (non-hydrogen) atoms. The fraction of sp³-hybridized carbons (Fsp3) is 0.0769. The third-order valence-electron chi connectivity index (χ3n) is 2.56. The zero-order chi connectivity index (χ0) is 13.1. The first kappa shape index (κ1) is 12.5. The van der Waals surface area contributed by atoms with Crippen LogP contribution in [0.1, 0.15) is 17.2 Å². The van der Waals surface area contributed by atoms with E-state index in [0.717, 1.165) is 0 Å². The van der Waals surface area contributed by atoms with Gasteiger partial charge in [0.2, 0.25) is 0 Å². The molecule has 0 fully saturated rings. The van der Waals surface area contributed by atoms with Gasteiger partial charge >= 0.3 is 0 Å². The minimum absolute atomic E-state index is 0.0476. The highest BCUT2D eigenvalue weighted by molar-refractivity contribution is 6.30. The molecule has 4 nitrogen and oxygen atoms in total. The Balaban J connectivity index is 2.36. The molecule has 2 aromatic rings. The molecule has 0 aliphatic rings. The summed E-state index contributed by atoms with van der Waals surface area (Å²) < 4.78 is 0. The minimum Gasteiger partial charge on any atom is -0.384 e. The predicted octanol–water partition coefficient (Wildman–Crippen LogP) is 3.33. The fourth-order valence-electron chi connectivity index (χ4n) is 1.68. The van der Waals surface area contributed by atoms with E-state index in [1.165, 1.54) is 12.1 Å². The average Bonchev–Trinajstić information content (AvgIpc) is 2.38. The lowest BCUT2D eigenvalue weighted by Crippen LogP contribution is -2.00. The number of aliphatic hydroxyl groups excluding tert-OH is 1. The van der Waals surface area contributed by atoms with Gasteiger partial charge in [-0.25, -0.2) is 0 Å². The SMILES string of the molecule is O=[N+]([O-])c1cccc(C(O)c2cccc(Cl)c2)c1. The van der Waals surface area contributed by atoms with Crippen molar-refractivity contribution in [1.29, 1.82) is 0 Å². The van der Waals surface area contributed by atoms with Crippen molar-refractivity contribution in [2.45, 2.75) is 6.10 Å². The molecule has 0 bridgehead atoms. The van der Waals surface area contributed by atoms with Crippen molar-refractivity contribution in [1.82, 2.24) is 0 Å². The molecule has 0 saturated carbocycles. The summed E-state index contributed by atoms with van der Waals surface area (Å²) >= 11 is 5.84. The van der Waals surface area contributed by atoms with Crippen LogP contribution in [0, 0.1) is 10.1 Å². The molecule has 5 heteroatoms. The van der Waals surface area contributed by atoms with Crippen LogP contribution < -0.4 is 0 Å². The summed E-state index contributed by atoms with van der Waals surface area (Å²) in [6.45, 7) is 0. The van der Waals surface area contributed by atoms with E-state index in [4.69, 9.17) is 11.6 Å². The number of non-ortho nitro benzene ring substituents is 1. The lowest BCUT2D eigenvalue weighted by molar-refractivity contribution is -0.385. The van der Waals surface area contributed by atoms with E-state index in [0.29, 0.717) is 16.1 Å². The first-order chi connectivity index (χ1) is 8.58. The van der Waals surface area contributed by atoms with Crippen LogP contribution in [0.5, 0.6) is 0 Å². The highest BCUT2D eigenvalue weighted by Crippen LogP contribution is 2.26. The van der Waals surface area contributed by atoms with Gasteiger partial charge in [-0.2, -0.15) is 0 Å². The second kappa shape index (κ2) is 5.16. The molecule has 0 amide bonds. The van der Waals surface area contributed by atoms with Gasteiger partial charge in [-0.15, -0.1) is 0 Å². The van der Waals surface area contributed by atoms with E-state index in [2.05, 4.69) is 0 Å². The Morgan fingerprint density at radius 2 is 1.72 bits per heavy atom. The molecule has 0 heterocycles. The molecule has 0 saturated heterocycles. The van der Waals surface area contributed by atoms with Crippen LogP contribution in [-0.4, -0.2) is 10.0 Å². The smallest absolute Gasteiger partial charge is 0.269 e. The molecular weight excluding hydrogens is 254 g/mol. The average molecular weight is 264 g/mol. The van der Waals surface area contributed by atoms with Gasteiger partial charge in [0.05, 0.1) is 4.92 Å². The van der Waals surface area contributed by atoms with E-state index in [1.54, 1.807) is 36.4 Å². The number of halogens is 1. The molecule has 2 aromatic carbocycles. The lowest BCUT2D eigenvalue weighted by Gasteiger charge is -2.11. The van der Waals surface area contributed by atoms with Crippen LogP contribution >= 0.6 is 11.6 Å². The zero-order valence-electron chi connectivity index (χ0n) is 9.29. The van der Waals surface area contributed by atoms with E-state index in [-0.39, 0.29) is 5.69 Å². The summed E-state index contributed by atoms with van der Waals surface area (Å²) in [6.07, 6.45) is -0.927. The first-order valence-corrected chi connectivity index (χ1v) is 5.63. The van der Waals surface area contributed by atoms with Crippen LogP contribution in [0.3, 0.4) is 0 Å². The molecule has 0 aliphatic carbocycles. The Kier molecular flexibility index (Phi) is 3.60. The molecule has 1 N–H and O–H groups in total. The van der Waals surface area contributed by atoms with Gasteiger partial charge < -0.3 is 5.11 Å². The van der Waals surface area contributed by atoms with Gasteiger partial charge in [-0.05, 0) is 23.3 Å². The number of nitro groups is 1. The molecule has 0 spiro atoms. The topological polar surface area (TPSA) is 63.4 Å². The van der Waals surface area contributed by atoms with Gasteiger partial charge in [0.1, 0.15) is 6.10 Å². The summed E-state index contributed by atoms with van der Waals surface area (Å²) in [5.74, 6) is 0. The number of hydrogen-bond acceptors (Lipinski definition) is 3. The van der Waals surface area contributed by atoms with Crippen LogP contribution in [-0.2, 0) is 0 Å². The third-order valence-corrected chi connectivity index (χ3v) is 2.80. The van der Waals surface area contributed by atoms with Crippen molar-refractivity contribution < 1.29 is 10.0 Å². The lowest BCUT2D eigenvalue weighted by atomic mass is 10.0. The Morgan fingerprint density at radius 1 is 1.11 bits per heavy atom. The summed E-state index contributed by atoms with van der Waals surface area (Å²) in [5.41, 5.74) is 1.02. The number of nitro benzene ring substituents is 1. The van der Waals surface area contributed by atoms with Gasteiger partial charge in [0.25, 0.3) is 5.69 Å². The number of benzene rings is 2. The second-order valence-corrected chi connectivity index (χ2v) is 4.25. The van der Waals surface area contributed by atoms with Crippen molar-refractivity contribution >= 4 is 17.3 Å². The van der Waals surface area contributed by atoms with Crippen molar-refractivity contribution in [2.24, 2.45) is 0 Å². The van der Waals surface area contributed by atoms with E-state index < -0.39 is 11.0 Å². The Bertz CT molecular complexity index is 586. The number of nitrogens with zero attached hydrogens (tertiary/aromatic N) is 1. The van der Waals surface area contributed by atoms with Crippen LogP contribution in [0.15, 0.2) is 48.5 Å². The molecule has 1 unspecified atom stereocenters. The van der Waals surface area contributed by atoms with Crippen molar-refractivity contribution in [3.05, 3.63) is 74.8 Å². The molecule has 1 atom stereocenters. The van der Waals surface area contributed by atoms with Gasteiger partial charge in [-0.1, -0.05) is 35.9 Å². The summed E-state index contributed by atoms with van der Waals surface area (Å²) in [7, 11) is 0. The highest BCUT2D eigenvalue weighted by atomic mass is 35.5. The Morgan fingerprint density at radius 3 is 2.33 bits per heavy atom. The first-order valence-electron chi connectivity index (χ1n) is 5.26. The van der Waals surface area contributed by atoms with Crippen molar-refractivity contribution in [3.8, 4) is 0 Å². The number of hydrogen-bond donors (Lipinski definition) is 1. The molecule has 92 valence electrons. The third kappa shape index (κ3) is 2.67. The summed E-state index contributed by atoms with van der Waals surface area (Å²) in [5, 5.41) is 21.3. The monoisotopic (exact) mass is 263 g/mol. The maximum absolute atomic E-state index is 10.7. The fourth-order valence-corrected chi connectivity index (χ4v) is 1.88. The molecule has 0 aromatic heterocycles. The second-order valence-electron chi connectivity index (χ2n) is 3.81. The summed E-state index contributed by atoms with van der Waals surface area (Å²) in [6, 6.07) is 12.7. The molecule has 0 aliphatic heterocycles. The van der Waals surface area contributed by atoms with Crippen molar-refractivity contribution in [3.63, 3.8) is 0 Å². The van der Waals surface area contributed by atoms with Crippen LogP contribution in [0.2, 0.25) is 5.02 Å². The van der Waals surface area contributed by atoms with E-state index >= 15 is 0 Å². The standard InChI is InChI=1S/C13H10ClNO3/c14-11-5-1-3-9(7-11)13(16)10-4-2-6-12(8-10)15(17)18/h1-8,13,16H. The zero-order valence-corrected chi connectivity index (χ0v) is 10.0. The molecule has 0 radical (unpaired) electrons. The predicted molar refractivity (Wildman–Crippen MR) is 68.6 cm³/mol. The van der Waals surface area contributed by atoms with E-state index in [9.17, 15) is 15.2 Å². The van der Waals surface area contributed by atoms with Crippen molar-refractivity contribution in [2.75, 3.05) is 0 Å². The largest absolute Gasteiger partial charge is 0.384 e. The molecule has 2 rings (SSSR count). The van der Waals surface area contributed by atoms with Gasteiger partial charge in [0.15, 0.2) is 0 Å². The minimum atomic E-state index is -0.927. The Hall–Kier alpha value is -1.91. The maximum atomic E-state index is 10.7. The summed E-state index contributed by atoms with van der Waals surface area (Å²) in [4.78, 5) is 10.2.